The minimum atomic E-state index is -0.586. The van der Waals surface area contributed by atoms with Gasteiger partial charge in [0.1, 0.15) is 11.9 Å². The van der Waals surface area contributed by atoms with Crippen LogP contribution in [0.5, 0.6) is 0 Å². The summed E-state index contributed by atoms with van der Waals surface area (Å²) < 4.78 is 10.9. The van der Waals surface area contributed by atoms with Crippen molar-refractivity contribution in [1.82, 2.24) is 4.90 Å². The van der Waals surface area contributed by atoms with Crippen LogP contribution in [0, 0.1) is 0 Å². The molecule has 0 radical (unpaired) electrons. The van der Waals surface area contributed by atoms with E-state index in [1.165, 1.54) is 5.56 Å². The van der Waals surface area contributed by atoms with Crippen molar-refractivity contribution in [3.63, 3.8) is 0 Å². The molecule has 2 heterocycles. The van der Waals surface area contributed by atoms with E-state index in [0.29, 0.717) is 18.8 Å². The van der Waals surface area contributed by atoms with Crippen LogP contribution in [-0.4, -0.2) is 42.4 Å². The van der Waals surface area contributed by atoms with Crippen LogP contribution in [0.1, 0.15) is 23.8 Å². The van der Waals surface area contributed by atoms with Gasteiger partial charge in [0.05, 0.1) is 19.5 Å². The highest BCUT2D eigenvalue weighted by Gasteiger charge is 2.26. The van der Waals surface area contributed by atoms with E-state index >= 15 is 0 Å². The van der Waals surface area contributed by atoms with Gasteiger partial charge in [-0.1, -0.05) is 42.5 Å². The molecule has 4 heteroatoms. The first kappa shape index (κ1) is 16.0. The molecule has 0 bridgehead atoms. The SMILES string of the molecule is OC(CC1COCCN1C/C=C/c1ccccc1)c1ccco1. The highest BCUT2D eigenvalue weighted by molar-refractivity contribution is 5.48. The zero-order valence-electron chi connectivity index (χ0n) is 13.2. The largest absolute Gasteiger partial charge is 0.467 e. The van der Waals surface area contributed by atoms with Gasteiger partial charge in [-0.3, -0.25) is 4.90 Å². The Morgan fingerprint density at radius 3 is 2.87 bits per heavy atom. The number of rotatable bonds is 6. The van der Waals surface area contributed by atoms with Crippen LogP contribution < -0.4 is 0 Å². The van der Waals surface area contributed by atoms with Crippen molar-refractivity contribution in [3.8, 4) is 0 Å². The second-order valence-corrected chi connectivity index (χ2v) is 5.80. The molecular formula is C19H23NO3. The number of ether oxygens (including phenoxy) is 1. The normalized spacial score (nSPS) is 20.8. The summed E-state index contributed by atoms with van der Waals surface area (Å²) in [5, 5.41) is 10.3. The van der Waals surface area contributed by atoms with Gasteiger partial charge in [-0.25, -0.2) is 0 Å². The highest BCUT2D eigenvalue weighted by atomic mass is 16.5. The maximum absolute atomic E-state index is 10.3. The van der Waals surface area contributed by atoms with E-state index < -0.39 is 6.10 Å². The average molecular weight is 313 g/mol. The molecule has 4 nitrogen and oxygen atoms in total. The second kappa shape index (κ2) is 8.11. The molecule has 1 aromatic carbocycles. The van der Waals surface area contributed by atoms with Crippen LogP contribution >= 0.6 is 0 Å². The van der Waals surface area contributed by atoms with Gasteiger partial charge in [0.2, 0.25) is 0 Å². The summed E-state index contributed by atoms with van der Waals surface area (Å²) in [5.41, 5.74) is 1.20. The van der Waals surface area contributed by atoms with Crippen molar-refractivity contribution in [1.29, 1.82) is 0 Å². The third kappa shape index (κ3) is 4.55. The third-order valence-corrected chi connectivity index (χ3v) is 4.17. The van der Waals surface area contributed by atoms with Gasteiger partial charge < -0.3 is 14.3 Å². The van der Waals surface area contributed by atoms with Gasteiger partial charge in [-0.05, 0) is 24.1 Å². The second-order valence-electron chi connectivity index (χ2n) is 5.80. The number of furan rings is 1. The summed E-state index contributed by atoms with van der Waals surface area (Å²) in [7, 11) is 0. The lowest BCUT2D eigenvalue weighted by Crippen LogP contribution is -2.46. The summed E-state index contributed by atoms with van der Waals surface area (Å²) in [5.74, 6) is 0.621. The zero-order chi connectivity index (χ0) is 15.9. The van der Waals surface area contributed by atoms with E-state index in [9.17, 15) is 5.11 Å². The Hall–Kier alpha value is -1.88. The van der Waals surface area contributed by atoms with Crippen LogP contribution in [0.3, 0.4) is 0 Å². The standard InChI is InChI=1S/C19H23NO3/c21-18(19-9-5-12-23-19)14-17-15-22-13-11-20(17)10-4-8-16-6-2-1-3-7-16/h1-9,12,17-18,21H,10-11,13-15H2/b8-4+. The molecule has 122 valence electrons. The van der Waals surface area contributed by atoms with Crippen LogP contribution in [0.2, 0.25) is 0 Å². The van der Waals surface area contributed by atoms with Crippen LogP contribution in [0.4, 0.5) is 0 Å². The van der Waals surface area contributed by atoms with E-state index in [1.807, 2.05) is 24.3 Å². The van der Waals surface area contributed by atoms with Gasteiger partial charge in [0.25, 0.3) is 0 Å². The number of aliphatic hydroxyl groups is 1. The fourth-order valence-corrected chi connectivity index (χ4v) is 2.89. The van der Waals surface area contributed by atoms with Gasteiger partial charge in [-0.15, -0.1) is 0 Å². The fraction of sp³-hybridized carbons (Fsp3) is 0.368. The Kier molecular flexibility index (Phi) is 5.64. The Labute approximate surface area is 137 Å². The van der Waals surface area contributed by atoms with E-state index in [0.717, 1.165) is 19.7 Å². The molecule has 1 fully saturated rings. The first-order valence-electron chi connectivity index (χ1n) is 8.08. The molecule has 0 saturated carbocycles. The Morgan fingerprint density at radius 2 is 2.09 bits per heavy atom. The number of benzene rings is 1. The molecule has 0 spiro atoms. The molecule has 2 unspecified atom stereocenters. The van der Waals surface area contributed by atoms with Crippen molar-refractivity contribution in [3.05, 3.63) is 66.1 Å². The molecule has 0 amide bonds. The lowest BCUT2D eigenvalue weighted by atomic mass is 10.1. The van der Waals surface area contributed by atoms with Crippen molar-refractivity contribution in [2.75, 3.05) is 26.3 Å². The zero-order valence-corrected chi connectivity index (χ0v) is 13.2. The van der Waals surface area contributed by atoms with Gasteiger partial charge in [0, 0.05) is 19.1 Å². The third-order valence-electron chi connectivity index (χ3n) is 4.17. The number of morpholine rings is 1. The molecule has 3 rings (SSSR count). The summed E-state index contributed by atoms with van der Waals surface area (Å²) in [4.78, 5) is 2.36. The molecule has 0 aliphatic carbocycles. The van der Waals surface area contributed by atoms with E-state index in [4.69, 9.17) is 9.15 Å². The molecule has 1 saturated heterocycles. The summed E-state index contributed by atoms with van der Waals surface area (Å²) in [6.07, 6.45) is 5.93. The van der Waals surface area contributed by atoms with Crippen molar-refractivity contribution in [2.24, 2.45) is 0 Å². The number of hydrogen-bond acceptors (Lipinski definition) is 4. The predicted octanol–water partition coefficient (Wildman–Crippen LogP) is 3.12. The Bertz CT molecular complexity index is 594. The highest BCUT2D eigenvalue weighted by Crippen LogP contribution is 2.23. The van der Waals surface area contributed by atoms with E-state index in [2.05, 4.69) is 29.2 Å². The number of hydrogen-bond donors (Lipinski definition) is 1. The minimum Gasteiger partial charge on any atom is -0.467 e. The van der Waals surface area contributed by atoms with Crippen molar-refractivity contribution < 1.29 is 14.3 Å². The Balaban J connectivity index is 1.57. The maximum atomic E-state index is 10.3. The number of aliphatic hydroxyl groups excluding tert-OH is 1. The van der Waals surface area contributed by atoms with Gasteiger partial charge in [-0.2, -0.15) is 0 Å². The van der Waals surface area contributed by atoms with Gasteiger partial charge in [0.15, 0.2) is 0 Å². The molecule has 1 aliphatic rings. The summed E-state index contributed by atoms with van der Waals surface area (Å²) in [6.45, 7) is 3.13. The van der Waals surface area contributed by atoms with Gasteiger partial charge >= 0.3 is 0 Å². The smallest absolute Gasteiger partial charge is 0.132 e. The Morgan fingerprint density at radius 1 is 1.22 bits per heavy atom. The van der Waals surface area contributed by atoms with Crippen molar-refractivity contribution in [2.45, 2.75) is 18.6 Å². The molecule has 23 heavy (non-hydrogen) atoms. The first-order valence-corrected chi connectivity index (χ1v) is 8.08. The van der Waals surface area contributed by atoms with Crippen LogP contribution in [0.25, 0.3) is 6.08 Å². The summed E-state index contributed by atoms with van der Waals surface area (Å²) >= 11 is 0. The number of nitrogens with zero attached hydrogens (tertiary/aromatic N) is 1. The molecule has 1 N–H and O–H groups in total. The van der Waals surface area contributed by atoms with E-state index in [-0.39, 0.29) is 6.04 Å². The van der Waals surface area contributed by atoms with E-state index in [1.54, 1.807) is 12.3 Å². The molecular weight excluding hydrogens is 290 g/mol. The topological polar surface area (TPSA) is 45.8 Å². The van der Waals surface area contributed by atoms with Crippen molar-refractivity contribution >= 4 is 6.08 Å². The molecule has 2 atom stereocenters. The molecule has 1 aromatic heterocycles. The quantitative estimate of drug-likeness (QED) is 0.890. The predicted molar refractivity (Wildman–Crippen MR) is 89.9 cm³/mol. The first-order chi connectivity index (χ1) is 11.3. The summed E-state index contributed by atoms with van der Waals surface area (Å²) in [6, 6.07) is 14.1. The minimum absolute atomic E-state index is 0.198. The monoisotopic (exact) mass is 313 g/mol. The fourth-order valence-electron chi connectivity index (χ4n) is 2.89. The molecule has 1 aliphatic heterocycles. The lowest BCUT2D eigenvalue weighted by molar-refractivity contribution is -0.0233. The maximum Gasteiger partial charge on any atom is 0.132 e. The average Bonchev–Trinajstić information content (AvgIpc) is 3.12. The molecule has 2 aromatic rings. The van der Waals surface area contributed by atoms with Crippen LogP contribution in [0.15, 0.2) is 59.2 Å². The lowest BCUT2D eigenvalue weighted by Gasteiger charge is -2.35. The van der Waals surface area contributed by atoms with Crippen LogP contribution in [-0.2, 0) is 4.74 Å².